The number of nitriles is 1. The van der Waals surface area contributed by atoms with Crippen LogP contribution in [0.15, 0.2) is 77.7 Å². The average Bonchev–Trinajstić information content (AvgIpc) is 2.76. The van der Waals surface area contributed by atoms with E-state index >= 15 is 0 Å². The highest BCUT2D eigenvalue weighted by Crippen LogP contribution is 2.39. The van der Waals surface area contributed by atoms with Gasteiger partial charge < -0.3 is 8.92 Å². The molecule has 5 nitrogen and oxygen atoms in total. The molecule has 0 aliphatic rings. The van der Waals surface area contributed by atoms with Gasteiger partial charge in [-0.2, -0.15) is 13.7 Å². The monoisotopic (exact) mass is 439 g/mol. The normalized spacial score (nSPS) is 11.6. The maximum atomic E-state index is 12.6. The Morgan fingerprint density at radius 1 is 1.07 bits per heavy atom. The molecule has 0 aromatic heterocycles. The SMILES string of the molecule is CCOc1cc(/C=C(\C#N)c2ccccc2)cc(Cl)c1OS(=O)(=O)c1ccccc1. The van der Waals surface area contributed by atoms with Crippen LogP contribution in [0.3, 0.4) is 0 Å². The number of rotatable bonds is 7. The molecule has 0 spiro atoms. The Balaban J connectivity index is 2.03. The summed E-state index contributed by atoms with van der Waals surface area (Å²) < 4.78 is 36.1. The quantitative estimate of drug-likeness (QED) is 0.273. The standard InChI is InChI=1S/C23H18ClNO4S/c1-2-28-22-15-17(13-19(16-25)18-9-5-3-6-10-18)14-21(24)23(22)29-30(26,27)20-11-7-4-8-12-20/h3-15H,2H2,1H3/b19-13+. The molecule has 0 fully saturated rings. The van der Waals surface area contributed by atoms with E-state index in [1.165, 1.54) is 18.2 Å². The van der Waals surface area contributed by atoms with Gasteiger partial charge in [-0.3, -0.25) is 0 Å². The van der Waals surface area contributed by atoms with E-state index in [4.69, 9.17) is 20.5 Å². The summed E-state index contributed by atoms with van der Waals surface area (Å²) >= 11 is 6.35. The molecular formula is C23H18ClNO4S. The Morgan fingerprint density at radius 3 is 2.30 bits per heavy atom. The van der Waals surface area contributed by atoms with Gasteiger partial charge in [-0.05, 0) is 48.4 Å². The topological polar surface area (TPSA) is 76.4 Å². The molecule has 3 aromatic carbocycles. The molecule has 152 valence electrons. The molecule has 3 rings (SSSR count). The summed E-state index contributed by atoms with van der Waals surface area (Å²) in [5.74, 6) is 0.0684. The number of halogens is 1. The molecule has 0 heterocycles. The van der Waals surface area contributed by atoms with Crippen molar-refractivity contribution in [3.63, 3.8) is 0 Å². The highest BCUT2D eigenvalue weighted by molar-refractivity contribution is 7.87. The largest absolute Gasteiger partial charge is 0.490 e. The lowest BCUT2D eigenvalue weighted by atomic mass is 10.0. The fourth-order valence-corrected chi connectivity index (χ4v) is 4.01. The molecular weight excluding hydrogens is 422 g/mol. The summed E-state index contributed by atoms with van der Waals surface area (Å²) in [7, 11) is -4.09. The molecule has 0 aliphatic carbocycles. The second-order valence-electron chi connectivity index (χ2n) is 6.15. The van der Waals surface area contributed by atoms with E-state index in [0.29, 0.717) is 11.1 Å². The number of ether oxygens (including phenoxy) is 1. The molecule has 0 amide bonds. The van der Waals surface area contributed by atoms with E-state index in [0.717, 1.165) is 5.56 Å². The smallest absolute Gasteiger partial charge is 0.339 e. The van der Waals surface area contributed by atoms with E-state index in [1.54, 1.807) is 37.3 Å². The second-order valence-corrected chi connectivity index (χ2v) is 8.10. The minimum atomic E-state index is -4.09. The van der Waals surface area contributed by atoms with Crippen molar-refractivity contribution < 1.29 is 17.3 Å². The predicted octanol–water partition coefficient (Wildman–Crippen LogP) is 5.57. The van der Waals surface area contributed by atoms with Crippen molar-refractivity contribution in [1.82, 2.24) is 0 Å². The highest BCUT2D eigenvalue weighted by Gasteiger charge is 2.22. The zero-order valence-corrected chi connectivity index (χ0v) is 17.7. The minimum absolute atomic E-state index is 0.00309. The van der Waals surface area contributed by atoms with E-state index in [-0.39, 0.29) is 28.0 Å². The third kappa shape index (κ3) is 5.01. The van der Waals surface area contributed by atoms with Gasteiger partial charge in [-0.25, -0.2) is 0 Å². The number of nitrogens with zero attached hydrogens (tertiary/aromatic N) is 1. The summed E-state index contributed by atoms with van der Waals surface area (Å²) in [6, 6.07) is 22.2. The van der Waals surface area contributed by atoms with Crippen LogP contribution in [-0.4, -0.2) is 15.0 Å². The fraction of sp³-hybridized carbons (Fsp3) is 0.0870. The second kappa shape index (κ2) is 9.49. The molecule has 0 radical (unpaired) electrons. The molecule has 7 heteroatoms. The Kier molecular flexibility index (Phi) is 6.78. The maximum Gasteiger partial charge on any atom is 0.339 e. The number of hydrogen-bond acceptors (Lipinski definition) is 5. The lowest BCUT2D eigenvalue weighted by Crippen LogP contribution is -2.11. The van der Waals surface area contributed by atoms with E-state index in [2.05, 4.69) is 6.07 Å². The van der Waals surface area contributed by atoms with Crippen LogP contribution in [0.5, 0.6) is 11.5 Å². The first-order valence-corrected chi connectivity index (χ1v) is 10.9. The van der Waals surface area contributed by atoms with Crippen LogP contribution >= 0.6 is 11.6 Å². The maximum absolute atomic E-state index is 12.6. The van der Waals surface area contributed by atoms with E-state index < -0.39 is 10.1 Å². The van der Waals surface area contributed by atoms with E-state index in [9.17, 15) is 13.7 Å². The highest BCUT2D eigenvalue weighted by atomic mass is 35.5. The third-order valence-electron chi connectivity index (χ3n) is 4.07. The van der Waals surface area contributed by atoms with Gasteiger partial charge in [0.25, 0.3) is 0 Å². The van der Waals surface area contributed by atoms with Crippen molar-refractivity contribution in [2.45, 2.75) is 11.8 Å². The first kappa shape index (κ1) is 21.4. The molecule has 0 bridgehead atoms. The number of hydrogen-bond donors (Lipinski definition) is 0. The van der Waals surface area contributed by atoms with Gasteiger partial charge in [-0.1, -0.05) is 60.1 Å². The summed E-state index contributed by atoms with van der Waals surface area (Å²) in [6.07, 6.45) is 1.65. The van der Waals surface area contributed by atoms with Crippen LogP contribution in [0.1, 0.15) is 18.1 Å². The Hall–Kier alpha value is -3.27. The van der Waals surface area contributed by atoms with Gasteiger partial charge in [0, 0.05) is 0 Å². The third-order valence-corrected chi connectivity index (χ3v) is 5.59. The van der Waals surface area contributed by atoms with Crippen molar-refractivity contribution in [3.8, 4) is 17.6 Å². The minimum Gasteiger partial charge on any atom is -0.490 e. The summed E-state index contributed by atoms with van der Waals surface area (Å²) in [4.78, 5) is 0.00309. The summed E-state index contributed by atoms with van der Waals surface area (Å²) in [5.41, 5.74) is 1.76. The Morgan fingerprint density at radius 2 is 1.70 bits per heavy atom. The molecule has 0 N–H and O–H groups in total. The average molecular weight is 440 g/mol. The van der Waals surface area contributed by atoms with Gasteiger partial charge >= 0.3 is 10.1 Å². The Bertz CT molecular complexity index is 1200. The first-order valence-electron chi connectivity index (χ1n) is 9.07. The van der Waals surface area contributed by atoms with Crippen molar-refractivity contribution in [1.29, 1.82) is 5.26 Å². The van der Waals surface area contributed by atoms with Crippen molar-refractivity contribution in [2.75, 3.05) is 6.61 Å². The molecule has 0 saturated carbocycles. The number of benzene rings is 3. The summed E-state index contributed by atoms with van der Waals surface area (Å²) in [5, 5.41) is 9.58. The van der Waals surface area contributed by atoms with Crippen LogP contribution in [0, 0.1) is 11.3 Å². The number of allylic oxidation sites excluding steroid dienone is 1. The van der Waals surface area contributed by atoms with Gasteiger partial charge in [0.05, 0.1) is 23.3 Å². The molecule has 0 saturated heterocycles. The predicted molar refractivity (Wildman–Crippen MR) is 117 cm³/mol. The van der Waals surface area contributed by atoms with Crippen molar-refractivity contribution in [3.05, 3.63) is 88.9 Å². The van der Waals surface area contributed by atoms with Gasteiger partial charge in [0.1, 0.15) is 4.90 Å². The molecule has 30 heavy (non-hydrogen) atoms. The van der Waals surface area contributed by atoms with Crippen molar-refractivity contribution in [2.24, 2.45) is 0 Å². The zero-order valence-electron chi connectivity index (χ0n) is 16.1. The Labute approximate surface area is 180 Å². The van der Waals surface area contributed by atoms with Gasteiger partial charge in [0.15, 0.2) is 5.75 Å². The van der Waals surface area contributed by atoms with Crippen LogP contribution < -0.4 is 8.92 Å². The molecule has 0 aliphatic heterocycles. The lowest BCUT2D eigenvalue weighted by Gasteiger charge is -2.14. The summed E-state index contributed by atoms with van der Waals surface area (Å²) in [6.45, 7) is 2.03. The molecule has 3 aromatic rings. The van der Waals surface area contributed by atoms with Crippen LogP contribution in [0.2, 0.25) is 5.02 Å². The molecule has 0 atom stereocenters. The van der Waals surface area contributed by atoms with Gasteiger partial charge in [-0.15, -0.1) is 0 Å². The van der Waals surface area contributed by atoms with Crippen LogP contribution in [-0.2, 0) is 10.1 Å². The molecule has 0 unspecified atom stereocenters. The van der Waals surface area contributed by atoms with Crippen LogP contribution in [0.4, 0.5) is 0 Å². The lowest BCUT2D eigenvalue weighted by molar-refractivity contribution is 0.327. The fourth-order valence-electron chi connectivity index (χ4n) is 2.72. The van der Waals surface area contributed by atoms with Crippen LogP contribution in [0.25, 0.3) is 11.6 Å². The zero-order chi connectivity index (χ0) is 21.6. The van der Waals surface area contributed by atoms with Gasteiger partial charge in [0.2, 0.25) is 5.75 Å². The first-order chi connectivity index (χ1) is 14.4. The van der Waals surface area contributed by atoms with Crippen molar-refractivity contribution >= 4 is 33.4 Å². The van der Waals surface area contributed by atoms with E-state index in [1.807, 2.05) is 30.3 Å².